The van der Waals surface area contributed by atoms with Crippen LogP contribution in [0.15, 0.2) is 30.3 Å². The van der Waals surface area contributed by atoms with Crippen LogP contribution < -0.4 is 5.32 Å². The number of phenols is 1. The number of carboxylic acids is 2. The fourth-order valence-electron chi connectivity index (χ4n) is 2.17. The van der Waals surface area contributed by atoms with Gasteiger partial charge in [-0.05, 0) is 43.2 Å². The highest BCUT2D eigenvalue weighted by atomic mass is 16.4. The van der Waals surface area contributed by atoms with Crippen LogP contribution in [0.2, 0.25) is 0 Å². The lowest BCUT2D eigenvalue weighted by Gasteiger charge is -2.14. The average Bonchev–Trinajstić information content (AvgIpc) is 2.42. The Balaban J connectivity index is 2.51. The highest BCUT2D eigenvalue weighted by Crippen LogP contribution is 2.29. The summed E-state index contributed by atoms with van der Waals surface area (Å²) in [5.74, 6) is -2.32. The number of carbonyl (C=O) groups is 2. The first-order valence-corrected chi connectivity index (χ1v) is 6.48. The molecule has 0 aliphatic carbocycles. The van der Waals surface area contributed by atoms with E-state index in [9.17, 15) is 19.8 Å². The van der Waals surface area contributed by atoms with E-state index < -0.39 is 11.9 Å². The fraction of sp³-hybridized carbons (Fsp3) is 0.125. The van der Waals surface area contributed by atoms with Crippen LogP contribution in [-0.4, -0.2) is 27.3 Å². The van der Waals surface area contributed by atoms with E-state index in [1.807, 2.05) is 0 Å². The number of anilines is 2. The molecule has 6 nitrogen and oxygen atoms in total. The molecular formula is C16H15NO5. The number of hydrogen-bond acceptors (Lipinski definition) is 4. The summed E-state index contributed by atoms with van der Waals surface area (Å²) in [6.07, 6.45) is 0. The van der Waals surface area contributed by atoms with Crippen LogP contribution in [0.5, 0.6) is 5.75 Å². The van der Waals surface area contributed by atoms with Crippen molar-refractivity contribution < 1.29 is 24.9 Å². The van der Waals surface area contributed by atoms with E-state index in [1.54, 1.807) is 19.1 Å². The second-order valence-electron chi connectivity index (χ2n) is 4.90. The van der Waals surface area contributed by atoms with Crippen LogP contribution in [0.25, 0.3) is 0 Å². The summed E-state index contributed by atoms with van der Waals surface area (Å²) in [6.45, 7) is 3.19. The molecule has 0 aliphatic rings. The van der Waals surface area contributed by atoms with Crippen LogP contribution in [-0.2, 0) is 0 Å². The maximum Gasteiger partial charge on any atom is 0.338 e. The summed E-state index contributed by atoms with van der Waals surface area (Å²) in [7, 11) is 0. The van der Waals surface area contributed by atoms with Crippen LogP contribution in [0.4, 0.5) is 11.4 Å². The average molecular weight is 301 g/mol. The normalized spacial score (nSPS) is 10.3. The van der Waals surface area contributed by atoms with Gasteiger partial charge in [0, 0.05) is 11.8 Å². The number of benzene rings is 2. The molecule has 0 fully saturated rings. The first kappa shape index (κ1) is 15.4. The third-order valence-corrected chi connectivity index (χ3v) is 3.40. The molecule has 2 rings (SSSR count). The van der Waals surface area contributed by atoms with Gasteiger partial charge in [0.25, 0.3) is 0 Å². The number of phenolic OH excluding ortho intramolecular Hbond substituents is 1. The summed E-state index contributed by atoms with van der Waals surface area (Å²) in [4.78, 5) is 22.5. The summed E-state index contributed by atoms with van der Waals surface area (Å²) in [5, 5.41) is 31.0. The topological polar surface area (TPSA) is 107 Å². The third-order valence-electron chi connectivity index (χ3n) is 3.40. The Morgan fingerprint density at radius 2 is 1.68 bits per heavy atom. The van der Waals surface area contributed by atoms with Crippen LogP contribution >= 0.6 is 0 Å². The largest absolute Gasteiger partial charge is 0.508 e. The van der Waals surface area contributed by atoms with Gasteiger partial charge < -0.3 is 20.6 Å². The Bertz CT molecular complexity index is 767. The third kappa shape index (κ3) is 2.85. The highest BCUT2D eigenvalue weighted by molar-refractivity contribution is 6.01. The number of aromatic carboxylic acids is 2. The first-order chi connectivity index (χ1) is 10.3. The molecule has 2 aromatic rings. The van der Waals surface area contributed by atoms with Gasteiger partial charge in [-0.25, -0.2) is 9.59 Å². The first-order valence-electron chi connectivity index (χ1n) is 6.48. The Labute approximate surface area is 126 Å². The predicted octanol–water partition coefficient (Wildman–Crippen LogP) is 3.15. The van der Waals surface area contributed by atoms with Crippen molar-refractivity contribution >= 4 is 23.3 Å². The fourth-order valence-corrected chi connectivity index (χ4v) is 2.17. The van der Waals surface area contributed by atoms with Crippen molar-refractivity contribution in [3.63, 3.8) is 0 Å². The number of hydrogen-bond donors (Lipinski definition) is 4. The molecule has 4 N–H and O–H groups in total. The van der Waals surface area contributed by atoms with Gasteiger partial charge in [0.05, 0.1) is 16.8 Å². The Kier molecular flexibility index (Phi) is 4.03. The van der Waals surface area contributed by atoms with Gasteiger partial charge in [-0.2, -0.15) is 0 Å². The standard InChI is InChI=1S/C16H15NO5/c1-8-3-4-10(7-13(8)18)17-12-6-5-11(15(19)20)9(2)14(12)16(21)22/h3-7,17-18H,1-2H3,(H,19,20)(H,21,22). The second kappa shape index (κ2) is 5.77. The predicted molar refractivity (Wildman–Crippen MR) is 81.2 cm³/mol. The molecule has 0 spiro atoms. The van der Waals surface area contributed by atoms with Gasteiger partial charge in [-0.15, -0.1) is 0 Å². The lowest BCUT2D eigenvalue weighted by molar-refractivity contribution is 0.0696. The van der Waals surface area contributed by atoms with Crippen LogP contribution in [0, 0.1) is 13.8 Å². The zero-order valence-corrected chi connectivity index (χ0v) is 12.0. The van der Waals surface area contributed by atoms with Crippen molar-refractivity contribution in [2.75, 3.05) is 5.32 Å². The van der Waals surface area contributed by atoms with Gasteiger partial charge >= 0.3 is 11.9 Å². The zero-order chi connectivity index (χ0) is 16.4. The molecule has 0 radical (unpaired) electrons. The highest BCUT2D eigenvalue weighted by Gasteiger charge is 2.19. The molecule has 0 unspecified atom stereocenters. The van der Waals surface area contributed by atoms with Gasteiger partial charge in [0.15, 0.2) is 0 Å². The van der Waals surface area contributed by atoms with E-state index in [0.29, 0.717) is 11.3 Å². The number of aryl methyl sites for hydroxylation is 1. The van der Waals surface area contributed by atoms with E-state index in [4.69, 9.17) is 5.11 Å². The molecule has 6 heteroatoms. The van der Waals surface area contributed by atoms with E-state index >= 15 is 0 Å². The van der Waals surface area contributed by atoms with Gasteiger partial charge in [-0.3, -0.25) is 0 Å². The molecule has 0 amide bonds. The van der Waals surface area contributed by atoms with Crippen molar-refractivity contribution in [1.29, 1.82) is 0 Å². The second-order valence-corrected chi connectivity index (χ2v) is 4.90. The number of nitrogens with one attached hydrogen (secondary N) is 1. The Hall–Kier alpha value is -3.02. The molecule has 22 heavy (non-hydrogen) atoms. The molecular weight excluding hydrogens is 286 g/mol. The maximum absolute atomic E-state index is 11.4. The summed E-state index contributed by atoms with van der Waals surface area (Å²) in [6, 6.07) is 7.61. The smallest absolute Gasteiger partial charge is 0.338 e. The van der Waals surface area contributed by atoms with Crippen LogP contribution in [0.1, 0.15) is 31.8 Å². The molecule has 0 bridgehead atoms. The molecule has 0 saturated heterocycles. The minimum absolute atomic E-state index is 0.0605. The molecule has 0 heterocycles. The van der Waals surface area contributed by atoms with E-state index in [1.165, 1.54) is 25.1 Å². The van der Waals surface area contributed by atoms with Crippen molar-refractivity contribution in [2.24, 2.45) is 0 Å². The number of aromatic hydroxyl groups is 1. The molecule has 0 aromatic heterocycles. The molecule has 2 aromatic carbocycles. The monoisotopic (exact) mass is 301 g/mol. The number of rotatable bonds is 4. The molecule has 114 valence electrons. The Morgan fingerprint density at radius 3 is 2.23 bits per heavy atom. The summed E-state index contributed by atoms with van der Waals surface area (Å²) >= 11 is 0. The molecule has 0 atom stereocenters. The quantitative estimate of drug-likeness (QED) is 0.691. The van der Waals surface area contributed by atoms with Gasteiger partial charge in [0.2, 0.25) is 0 Å². The van der Waals surface area contributed by atoms with Gasteiger partial charge in [-0.1, -0.05) is 6.07 Å². The zero-order valence-electron chi connectivity index (χ0n) is 12.0. The van der Waals surface area contributed by atoms with Crippen molar-refractivity contribution in [1.82, 2.24) is 0 Å². The minimum atomic E-state index is -1.22. The lowest BCUT2D eigenvalue weighted by atomic mass is 10.00. The summed E-state index contributed by atoms with van der Waals surface area (Å²) in [5.41, 5.74) is 1.46. The van der Waals surface area contributed by atoms with Crippen LogP contribution in [0.3, 0.4) is 0 Å². The summed E-state index contributed by atoms with van der Waals surface area (Å²) < 4.78 is 0. The van der Waals surface area contributed by atoms with E-state index in [-0.39, 0.29) is 28.1 Å². The maximum atomic E-state index is 11.4. The van der Waals surface area contributed by atoms with Crippen molar-refractivity contribution in [3.8, 4) is 5.75 Å². The van der Waals surface area contributed by atoms with Gasteiger partial charge in [0.1, 0.15) is 5.75 Å². The Morgan fingerprint density at radius 1 is 1.00 bits per heavy atom. The molecule has 0 saturated carbocycles. The van der Waals surface area contributed by atoms with E-state index in [2.05, 4.69) is 5.32 Å². The van der Waals surface area contributed by atoms with Crippen molar-refractivity contribution in [2.45, 2.75) is 13.8 Å². The van der Waals surface area contributed by atoms with E-state index in [0.717, 1.165) is 0 Å². The molecule has 0 aliphatic heterocycles. The SMILES string of the molecule is Cc1ccc(Nc2ccc(C(=O)O)c(C)c2C(=O)O)cc1O. The van der Waals surface area contributed by atoms with Crippen molar-refractivity contribution in [3.05, 3.63) is 52.6 Å². The number of carboxylic acid groups (broad SMARTS) is 2. The lowest BCUT2D eigenvalue weighted by Crippen LogP contribution is -2.10. The minimum Gasteiger partial charge on any atom is -0.508 e.